The highest BCUT2D eigenvalue weighted by Crippen LogP contribution is 2.32. The predicted octanol–water partition coefficient (Wildman–Crippen LogP) is 3.09. The van der Waals surface area contributed by atoms with E-state index in [1.54, 1.807) is 30.3 Å². The van der Waals surface area contributed by atoms with Crippen LogP contribution in [0.3, 0.4) is 0 Å². The number of para-hydroxylation sites is 1. The van der Waals surface area contributed by atoms with Gasteiger partial charge in [0.05, 0.1) is 6.04 Å². The van der Waals surface area contributed by atoms with Crippen molar-refractivity contribution in [3.05, 3.63) is 78.0 Å². The maximum atomic E-state index is 14.2. The van der Waals surface area contributed by atoms with Gasteiger partial charge in [0.1, 0.15) is 17.6 Å². The van der Waals surface area contributed by atoms with Gasteiger partial charge in [-0.15, -0.1) is 0 Å². The van der Waals surface area contributed by atoms with Crippen LogP contribution in [-0.4, -0.2) is 11.9 Å². The molecule has 0 radical (unpaired) electrons. The second kappa shape index (κ2) is 6.72. The van der Waals surface area contributed by atoms with Gasteiger partial charge in [-0.25, -0.2) is 13.6 Å². The van der Waals surface area contributed by atoms with Crippen LogP contribution in [-0.2, 0) is 4.79 Å². The van der Waals surface area contributed by atoms with E-state index in [-0.39, 0.29) is 11.3 Å². The summed E-state index contributed by atoms with van der Waals surface area (Å²) >= 11 is 0. The number of anilines is 1. The van der Waals surface area contributed by atoms with E-state index in [1.165, 1.54) is 6.07 Å². The summed E-state index contributed by atoms with van der Waals surface area (Å²) in [4.78, 5) is 24.4. The second-order valence-electron chi connectivity index (χ2n) is 5.60. The molecular weight excluding hydrogens is 328 g/mol. The van der Waals surface area contributed by atoms with E-state index < -0.39 is 35.5 Å². The van der Waals surface area contributed by atoms with Crippen LogP contribution in [0.2, 0.25) is 0 Å². The van der Waals surface area contributed by atoms with Crippen LogP contribution in [0.5, 0.6) is 0 Å². The molecule has 0 saturated carbocycles. The molecule has 7 heteroatoms. The highest BCUT2D eigenvalue weighted by molar-refractivity contribution is 5.97. The molecule has 2 aromatic carbocycles. The van der Waals surface area contributed by atoms with Gasteiger partial charge in [0.2, 0.25) is 5.91 Å². The van der Waals surface area contributed by atoms with E-state index in [1.807, 2.05) is 0 Å². The lowest BCUT2D eigenvalue weighted by atomic mass is 9.88. The zero-order valence-electron chi connectivity index (χ0n) is 13.1. The van der Waals surface area contributed by atoms with Gasteiger partial charge in [-0.05, 0) is 18.2 Å². The number of carbonyl (C=O) groups excluding carboxylic acids is 2. The molecule has 5 nitrogen and oxygen atoms in total. The van der Waals surface area contributed by atoms with Crippen molar-refractivity contribution >= 4 is 17.6 Å². The number of nitrogens with one attached hydrogen (secondary N) is 3. The third-order valence-corrected chi connectivity index (χ3v) is 3.89. The minimum atomic E-state index is -1.01. The fourth-order valence-electron chi connectivity index (χ4n) is 2.75. The fourth-order valence-corrected chi connectivity index (χ4v) is 2.75. The number of benzene rings is 2. The molecule has 0 spiro atoms. The average Bonchev–Trinajstić information content (AvgIpc) is 2.54. The van der Waals surface area contributed by atoms with Crippen molar-refractivity contribution in [3.8, 4) is 0 Å². The summed E-state index contributed by atoms with van der Waals surface area (Å²) < 4.78 is 27.4. The van der Waals surface area contributed by atoms with Crippen LogP contribution in [0, 0.1) is 17.6 Å². The van der Waals surface area contributed by atoms with Gasteiger partial charge in [-0.1, -0.05) is 30.8 Å². The van der Waals surface area contributed by atoms with Gasteiger partial charge in [0.25, 0.3) is 0 Å². The van der Waals surface area contributed by atoms with Crippen LogP contribution >= 0.6 is 0 Å². The molecule has 128 valence electrons. The quantitative estimate of drug-likeness (QED) is 0.801. The van der Waals surface area contributed by atoms with E-state index in [0.29, 0.717) is 11.8 Å². The average molecular weight is 343 g/mol. The molecule has 0 aromatic heterocycles. The van der Waals surface area contributed by atoms with Gasteiger partial charge < -0.3 is 16.0 Å². The number of amides is 3. The maximum Gasteiger partial charge on any atom is 0.319 e. The Morgan fingerprint density at radius 3 is 2.52 bits per heavy atom. The number of hydrogen-bond donors (Lipinski definition) is 3. The van der Waals surface area contributed by atoms with E-state index >= 15 is 0 Å². The van der Waals surface area contributed by atoms with Crippen molar-refractivity contribution in [2.45, 2.75) is 6.04 Å². The molecule has 25 heavy (non-hydrogen) atoms. The standard InChI is InChI=1S/C18H15F2N3O2/c1-10-15(17(24)22-12-5-3-2-4-6-12)16(23-18(25)21-10)13-8-7-11(19)9-14(13)20/h2-9,15-16H,1H2,(H,22,24)(H2,21,23,25)/t15-,16+/m1/s1. The maximum absolute atomic E-state index is 14.2. The molecule has 3 N–H and O–H groups in total. The molecule has 2 atom stereocenters. The number of hydrogen-bond acceptors (Lipinski definition) is 2. The zero-order valence-corrected chi connectivity index (χ0v) is 13.1. The van der Waals surface area contributed by atoms with Crippen molar-refractivity contribution in [1.29, 1.82) is 0 Å². The Morgan fingerprint density at radius 2 is 1.84 bits per heavy atom. The Balaban J connectivity index is 1.94. The lowest BCUT2D eigenvalue weighted by Crippen LogP contribution is -2.52. The van der Waals surface area contributed by atoms with Gasteiger partial charge in [0, 0.05) is 23.0 Å². The topological polar surface area (TPSA) is 70.2 Å². The van der Waals surface area contributed by atoms with Crippen molar-refractivity contribution < 1.29 is 18.4 Å². The first-order valence-corrected chi connectivity index (χ1v) is 7.53. The van der Waals surface area contributed by atoms with Crippen molar-refractivity contribution in [3.63, 3.8) is 0 Å². The first kappa shape index (κ1) is 16.6. The first-order valence-electron chi connectivity index (χ1n) is 7.53. The van der Waals surface area contributed by atoms with Gasteiger partial charge in [-0.3, -0.25) is 4.79 Å². The molecule has 1 fully saturated rings. The summed E-state index contributed by atoms with van der Waals surface area (Å²) in [6.45, 7) is 3.70. The predicted molar refractivity (Wildman–Crippen MR) is 88.5 cm³/mol. The molecule has 3 amide bonds. The summed E-state index contributed by atoms with van der Waals surface area (Å²) in [6.07, 6.45) is 0. The second-order valence-corrected chi connectivity index (χ2v) is 5.60. The molecule has 2 aromatic rings. The van der Waals surface area contributed by atoms with Crippen LogP contribution in [0.25, 0.3) is 0 Å². The first-order chi connectivity index (χ1) is 12.0. The molecule has 1 aliphatic rings. The van der Waals surface area contributed by atoms with Crippen LogP contribution in [0.1, 0.15) is 11.6 Å². The summed E-state index contributed by atoms with van der Waals surface area (Å²) in [5.74, 6) is -3.04. The monoisotopic (exact) mass is 343 g/mol. The molecule has 0 unspecified atom stereocenters. The smallest absolute Gasteiger partial charge is 0.319 e. The molecular formula is C18H15F2N3O2. The molecule has 0 bridgehead atoms. The zero-order chi connectivity index (χ0) is 18.0. The minimum Gasteiger partial charge on any atom is -0.330 e. The molecule has 1 heterocycles. The van der Waals surface area contributed by atoms with Crippen LogP contribution in [0.4, 0.5) is 19.3 Å². The molecule has 0 aliphatic carbocycles. The summed E-state index contributed by atoms with van der Waals surface area (Å²) in [5.41, 5.74) is 0.687. The highest BCUT2D eigenvalue weighted by Gasteiger charge is 2.39. The van der Waals surface area contributed by atoms with Crippen molar-refractivity contribution in [2.75, 3.05) is 5.32 Å². The SMILES string of the molecule is C=C1NC(=O)N[C@@H](c2ccc(F)cc2F)[C@@H]1C(=O)Nc1ccccc1. The fraction of sp³-hybridized carbons (Fsp3) is 0.111. The number of urea groups is 1. The molecule has 3 rings (SSSR count). The Kier molecular flexibility index (Phi) is 4.47. The lowest BCUT2D eigenvalue weighted by molar-refractivity contribution is -0.119. The molecule has 1 aliphatic heterocycles. The van der Waals surface area contributed by atoms with E-state index in [9.17, 15) is 18.4 Å². The van der Waals surface area contributed by atoms with Crippen LogP contribution < -0.4 is 16.0 Å². The van der Waals surface area contributed by atoms with E-state index in [4.69, 9.17) is 0 Å². The normalized spacial score (nSPS) is 19.8. The Hall–Kier alpha value is -3.22. The molecule has 1 saturated heterocycles. The third-order valence-electron chi connectivity index (χ3n) is 3.89. The lowest BCUT2D eigenvalue weighted by Gasteiger charge is -2.34. The van der Waals surface area contributed by atoms with Crippen LogP contribution in [0.15, 0.2) is 60.8 Å². The van der Waals surface area contributed by atoms with E-state index in [2.05, 4.69) is 22.5 Å². The van der Waals surface area contributed by atoms with Crippen molar-refractivity contribution in [1.82, 2.24) is 10.6 Å². The van der Waals surface area contributed by atoms with Gasteiger partial charge >= 0.3 is 6.03 Å². The Morgan fingerprint density at radius 1 is 1.12 bits per heavy atom. The minimum absolute atomic E-state index is 0.00520. The number of rotatable bonds is 3. The number of halogens is 2. The van der Waals surface area contributed by atoms with Gasteiger partial charge in [0.15, 0.2) is 0 Å². The Bertz CT molecular complexity index is 839. The number of carbonyl (C=O) groups is 2. The third kappa shape index (κ3) is 3.50. The van der Waals surface area contributed by atoms with E-state index in [0.717, 1.165) is 6.07 Å². The van der Waals surface area contributed by atoms with Crippen molar-refractivity contribution in [2.24, 2.45) is 5.92 Å². The summed E-state index contributed by atoms with van der Waals surface area (Å²) in [6, 6.07) is 10.1. The summed E-state index contributed by atoms with van der Waals surface area (Å²) in [5, 5.41) is 7.63. The largest absolute Gasteiger partial charge is 0.330 e. The Labute approximate surface area is 142 Å². The summed E-state index contributed by atoms with van der Waals surface area (Å²) in [7, 11) is 0. The van der Waals surface area contributed by atoms with Gasteiger partial charge in [-0.2, -0.15) is 0 Å². The highest BCUT2D eigenvalue weighted by atomic mass is 19.1.